The molecule has 0 saturated carbocycles. The number of hydrogen-bond donors (Lipinski definition) is 0. The molecule has 4 heteroatoms. The maximum atomic E-state index is 4.25. The summed E-state index contributed by atoms with van der Waals surface area (Å²) in [6.07, 6.45) is 4.93. The van der Waals surface area contributed by atoms with Gasteiger partial charge in [0.15, 0.2) is 0 Å². The fraction of sp³-hybridized carbons (Fsp3) is 0. The van der Waals surface area contributed by atoms with Gasteiger partial charge in [0, 0.05) is 5.56 Å². The van der Waals surface area contributed by atoms with Crippen molar-refractivity contribution in [1.82, 2.24) is 14.9 Å². The average molecular weight is 222 g/mol. The molecule has 4 nitrogen and oxygen atoms in total. The van der Waals surface area contributed by atoms with Crippen LogP contribution in [0.3, 0.4) is 0 Å². The standard InChI is InChI=1S/C13H10N4/c1-2-7-13-11(4-1)5-3-6-12(13)8-16-17-9-14-15-10-17/h1-10H/b16-8-. The molecule has 3 rings (SSSR count). The molecule has 1 heterocycles. The zero-order valence-electron chi connectivity index (χ0n) is 9.06. The Morgan fingerprint density at radius 2 is 1.71 bits per heavy atom. The van der Waals surface area contributed by atoms with Crippen molar-refractivity contribution in [2.24, 2.45) is 5.10 Å². The first kappa shape index (κ1) is 9.72. The van der Waals surface area contributed by atoms with Gasteiger partial charge >= 0.3 is 0 Å². The van der Waals surface area contributed by atoms with E-state index in [1.54, 1.807) is 17.3 Å². The van der Waals surface area contributed by atoms with Crippen molar-refractivity contribution in [3.63, 3.8) is 0 Å². The molecule has 0 aliphatic heterocycles. The van der Waals surface area contributed by atoms with Crippen LogP contribution in [0.2, 0.25) is 0 Å². The second-order valence-electron chi connectivity index (χ2n) is 3.65. The van der Waals surface area contributed by atoms with E-state index < -0.39 is 0 Å². The molecule has 0 unspecified atom stereocenters. The smallest absolute Gasteiger partial charge is 0.141 e. The normalized spacial score (nSPS) is 11.3. The van der Waals surface area contributed by atoms with Crippen LogP contribution in [-0.4, -0.2) is 21.1 Å². The highest BCUT2D eigenvalue weighted by atomic mass is 15.4. The van der Waals surface area contributed by atoms with E-state index in [0.717, 1.165) is 5.56 Å². The van der Waals surface area contributed by atoms with Crippen LogP contribution < -0.4 is 0 Å². The fourth-order valence-corrected chi connectivity index (χ4v) is 1.75. The van der Waals surface area contributed by atoms with Crippen LogP contribution in [0.4, 0.5) is 0 Å². The van der Waals surface area contributed by atoms with Gasteiger partial charge in [-0.25, -0.2) is 4.68 Å². The van der Waals surface area contributed by atoms with Crippen LogP contribution in [-0.2, 0) is 0 Å². The van der Waals surface area contributed by atoms with Gasteiger partial charge in [0.25, 0.3) is 0 Å². The topological polar surface area (TPSA) is 43.1 Å². The van der Waals surface area contributed by atoms with Crippen LogP contribution >= 0.6 is 0 Å². The summed E-state index contributed by atoms with van der Waals surface area (Å²) < 4.78 is 1.57. The van der Waals surface area contributed by atoms with Gasteiger partial charge in [0.1, 0.15) is 12.7 Å². The maximum absolute atomic E-state index is 4.25. The third-order valence-electron chi connectivity index (χ3n) is 2.56. The molecule has 0 saturated heterocycles. The van der Waals surface area contributed by atoms with E-state index >= 15 is 0 Å². The number of hydrogen-bond acceptors (Lipinski definition) is 3. The van der Waals surface area contributed by atoms with E-state index in [0.29, 0.717) is 0 Å². The lowest BCUT2D eigenvalue weighted by molar-refractivity contribution is 0.878. The van der Waals surface area contributed by atoms with E-state index in [1.807, 2.05) is 30.5 Å². The molecular formula is C13H10N4. The Morgan fingerprint density at radius 1 is 0.941 bits per heavy atom. The molecule has 0 spiro atoms. The largest absolute Gasteiger partial charge is 0.208 e. The molecule has 3 aromatic rings. The highest BCUT2D eigenvalue weighted by Crippen LogP contribution is 2.16. The first-order chi connectivity index (χ1) is 8.43. The molecule has 0 amide bonds. The average Bonchev–Trinajstić information content (AvgIpc) is 2.89. The van der Waals surface area contributed by atoms with Crippen molar-refractivity contribution < 1.29 is 0 Å². The fourth-order valence-electron chi connectivity index (χ4n) is 1.75. The number of aromatic nitrogens is 3. The quantitative estimate of drug-likeness (QED) is 0.624. The molecular weight excluding hydrogens is 212 g/mol. The van der Waals surface area contributed by atoms with Crippen LogP contribution in [0, 0.1) is 0 Å². The predicted octanol–water partition coefficient (Wildman–Crippen LogP) is 2.31. The van der Waals surface area contributed by atoms with Gasteiger partial charge in [-0.2, -0.15) is 5.10 Å². The Bertz CT molecular complexity index is 651. The molecule has 0 fully saturated rings. The number of rotatable bonds is 2. The Balaban J connectivity index is 2.06. The van der Waals surface area contributed by atoms with Crippen molar-refractivity contribution in [2.45, 2.75) is 0 Å². The van der Waals surface area contributed by atoms with Gasteiger partial charge in [-0.05, 0) is 10.8 Å². The summed E-state index contributed by atoms with van der Waals surface area (Å²) in [7, 11) is 0. The van der Waals surface area contributed by atoms with E-state index in [2.05, 4.69) is 33.5 Å². The second-order valence-corrected chi connectivity index (χ2v) is 3.65. The molecule has 0 bridgehead atoms. The van der Waals surface area contributed by atoms with Crippen molar-refractivity contribution in [1.29, 1.82) is 0 Å². The minimum absolute atomic E-state index is 1.08. The summed E-state index contributed by atoms with van der Waals surface area (Å²) in [6, 6.07) is 14.4. The molecule has 17 heavy (non-hydrogen) atoms. The van der Waals surface area contributed by atoms with Gasteiger partial charge in [0.05, 0.1) is 6.21 Å². The summed E-state index contributed by atoms with van der Waals surface area (Å²) in [4.78, 5) is 0. The zero-order valence-corrected chi connectivity index (χ0v) is 9.06. The lowest BCUT2D eigenvalue weighted by Crippen LogP contribution is -1.88. The van der Waals surface area contributed by atoms with Gasteiger partial charge in [-0.3, -0.25) is 0 Å². The lowest BCUT2D eigenvalue weighted by Gasteiger charge is -2.00. The summed E-state index contributed by atoms with van der Waals surface area (Å²) in [6.45, 7) is 0. The third-order valence-corrected chi connectivity index (χ3v) is 2.56. The highest BCUT2D eigenvalue weighted by molar-refractivity contribution is 5.99. The van der Waals surface area contributed by atoms with Gasteiger partial charge in [0.2, 0.25) is 0 Å². The minimum atomic E-state index is 1.08. The van der Waals surface area contributed by atoms with Gasteiger partial charge in [-0.1, -0.05) is 42.5 Å². The Hall–Kier alpha value is -2.49. The van der Waals surface area contributed by atoms with Crippen molar-refractivity contribution in [3.8, 4) is 0 Å². The van der Waals surface area contributed by atoms with Crippen molar-refractivity contribution in [2.75, 3.05) is 0 Å². The highest BCUT2D eigenvalue weighted by Gasteiger charge is 1.96. The third kappa shape index (κ3) is 1.92. The van der Waals surface area contributed by atoms with E-state index in [1.165, 1.54) is 10.8 Å². The van der Waals surface area contributed by atoms with E-state index in [9.17, 15) is 0 Å². The molecule has 2 aromatic carbocycles. The van der Waals surface area contributed by atoms with Crippen LogP contribution in [0.5, 0.6) is 0 Å². The Labute approximate surface area is 98.2 Å². The predicted molar refractivity (Wildman–Crippen MR) is 67.0 cm³/mol. The molecule has 0 N–H and O–H groups in total. The SMILES string of the molecule is C(=N/n1cnnc1)/c1cccc2ccccc12. The molecule has 0 radical (unpaired) electrons. The maximum Gasteiger partial charge on any atom is 0.141 e. The van der Waals surface area contributed by atoms with Crippen LogP contribution in [0.25, 0.3) is 10.8 Å². The van der Waals surface area contributed by atoms with Crippen molar-refractivity contribution in [3.05, 3.63) is 60.7 Å². The zero-order chi connectivity index (χ0) is 11.5. The summed E-state index contributed by atoms with van der Waals surface area (Å²) in [5.41, 5.74) is 1.08. The summed E-state index contributed by atoms with van der Waals surface area (Å²) >= 11 is 0. The Morgan fingerprint density at radius 3 is 2.59 bits per heavy atom. The molecule has 0 aliphatic carbocycles. The first-order valence-corrected chi connectivity index (χ1v) is 5.30. The molecule has 82 valence electrons. The number of fused-ring (bicyclic) bond motifs is 1. The van der Waals surface area contributed by atoms with E-state index in [4.69, 9.17) is 0 Å². The number of benzene rings is 2. The van der Waals surface area contributed by atoms with Crippen LogP contribution in [0.1, 0.15) is 5.56 Å². The monoisotopic (exact) mass is 222 g/mol. The van der Waals surface area contributed by atoms with Gasteiger partial charge in [-0.15, -0.1) is 10.2 Å². The second kappa shape index (κ2) is 4.17. The van der Waals surface area contributed by atoms with Crippen molar-refractivity contribution >= 4 is 17.0 Å². The van der Waals surface area contributed by atoms with E-state index in [-0.39, 0.29) is 0 Å². The Kier molecular flexibility index (Phi) is 2.38. The first-order valence-electron chi connectivity index (χ1n) is 5.30. The number of nitrogens with zero attached hydrogens (tertiary/aromatic N) is 4. The molecule has 0 aliphatic rings. The summed E-state index contributed by atoms with van der Waals surface area (Å²) in [5.74, 6) is 0. The molecule has 0 atom stereocenters. The minimum Gasteiger partial charge on any atom is -0.208 e. The summed E-state index contributed by atoms with van der Waals surface area (Å²) in [5, 5.41) is 14.0. The molecule has 1 aromatic heterocycles. The van der Waals surface area contributed by atoms with Gasteiger partial charge < -0.3 is 0 Å². The van der Waals surface area contributed by atoms with Crippen LogP contribution in [0.15, 0.2) is 60.2 Å². The lowest BCUT2D eigenvalue weighted by atomic mass is 10.1.